The predicted molar refractivity (Wildman–Crippen MR) is 91.4 cm³/mol. The van der Waals surface area contributed by atoms with Crippen LogP contribution in [-0.2, 0) is 14.2 Å². The summed E-state index contributed by atoms with van der Waals surface area (Å²) in [5, 5.41) is 0. The van der Waals surface area contributed by atoms with Gasteiger partial charge in [0.2, 0.25) is 0 Å². The molecule has 1 rings (SSSR count). The van der Waals surface area contributed by atoms with Gasteiger partial charge in [-0.2, -0.15) is 0 Å². The summed E-state index contributed by atoms with van der Waals surface area (Å²) in [7, 11) is 0. The molecule has 1 fully saturated rings. The highest BCUT2D eigenvalue weighted by Crippen LogP contribution is 2.11. The molecule has 4 heteroatoms. The molecule has 0 aromatic heterocycles. The first-order chi connectivity index (χ1) is 10.5. The van der Waals surface area contributed by atoms with Crippen LogP contribution in [0, 0.1) is 5.92 Å². The molecule has 1 saturated heterocycles. The lowest BCUT2D eigenvalue weighted by Crippen LogP contribution is -2.45. The van der Waals surface area contributed by atoms with Gasteiger partial charge in [-0.3, -0.25) is 4.90 Å². The molecule has 22 heavy (non-hydrogen) atoms. The fourth-order valence-corrected chi connectivity index (χ4v) is 2.87. The zero-order valence-corrected chi connectivity index (χ0v) is 15.3. The Kier molecular flexibility index (Phi) is 10.3. The lowest BCUT2D eigenvalue weighted by Gasteiger charge is -2.35. The van der Waals surface area contributed by atoms with E-state index in [9.17, 15) is 0 Å². The van der Waals surface area contributed by atoms with Crippen molar-refractivity contribution in [3.63, 3.8) is 0 Å². The Morgan fingerprint density at radius 3 is 2.36 bits per heavy atom. The number of unbranched alkanes of at least 4 members (excludes halogenated alkanes) is 1. The molecule has 1 aliphatic rings. The van der Waals surface area contributed by atoms with E-state index in [1.165, 1.54) is 6.42 Å². The van der Waals surface area contributed by atoms with Crippen molar-refractivity contribution in [1.82, 2.24) is 4.90 Å². The first kappa shape index (κ1) is 19.9. The summed E-state index contributed by atoms with van der Waals surface area (Å²) >= 11 is 0. The number of rotatable bonds is 11. The van der Waals surface area contributed by atoms with Gasteiger partial charge < -0.3 is 14.2 Å². The van der Waals surface area contributed by atoms with Gasteiger partial charge in [0.25, 0.3) is 0 Å². The lowest BCUT2D eigenvalue weighted by molar-refractivity contribution is -0.0690. The van der Waals surface area contributed by atoms with Crippen LogP contribution in [0.3, 0.4) is 0 Å². The normalized spacial score (nSPS) is 24.8. The van der Waals surface area contributed by atoms with Crippen molar-refractivity contribution in [1.29, 1.82) is 0 Å². The third kappa shape index (κ3) is 9.09. The van der Waals surface area contributed by atoms with Crippen LogP contribution in [0.2, 0.25) is 0 Å². The molecule has 0 N–H and O–H groups in total. The SMILES string of the molecule is CCC(COCC(C)C)OCCCCN1C[C@@H](C)O[C@@H](C)C1. The number of ether oxygens (including phenoxy) is 3. The van der Waals surface area contributed by atoms with E-state index in [0.717, 1.165) is 52.3 Å². The highest BCUT2D eigenvalue weighted by molar-refractivity contribution is 4.72. The molecule has 1 heterocycles. The molecular weight excluding hydrogens is 278 g/mol. The van der Waals surface area contributed by atoms with E-state index >= 15 is 0 Å². The van der Waals surface area contributed by atoms with Gasteiger partial charge in [-0.05, 0) is 45.6 Å². The summed E-state index contributed by atoms with van der Waals surface area (Å²) in [6.07, 6.45) is 4.33. The molecule has 0 spiro atoms. The number of nitrogens with zero attached hydrogens (tertiary/aromatic N) is 1. The standard InChI is InChI=1S/C18H37NO3/c1-6-18(14-20-13-15(2)3)21-10-8-7-9-19-11-16(4)22-17(5)12-19/h15-18H,6-14H2,1-5H3/t16-,17+,18?. The summed E-state index contributed by atoms with van der Waals surface area (Å²) < 4.78 is 17.4. The molecule has 1 unspecified atom stereocenters. The first-order valence-electron chi connectivity index (χ1n) is 9.08. The molecule has 3 atom stereocenters. The second-order valence-electron chi connectivity index (χ2n) is 7.06. The van der Waals surface area contributed by atoms with Crippen LogP contribution in [0.4, 0.5) is 0 Å². The van der Waals surface area contributed by atoms with E-state index in [2.05, 4.69) is 39.5 Å². The third-order valence-electron chi connectivity index (χ3n) is 3.93. The Morgan fingerprint density at radius 1 is 1.09 bits per heavy atom. The zero-order chi connectivity index (χ0) is 16.4. The monoisotopic (exact) mass is 315 g/mol. The average molecular weight is 315 g/mol. The van der Waals surface area contributed by atoms with Crippen LogP contribution in [0.5, 0.6) is 0 Å². The number of hydrogen-bond donors (Lipinski definition) is 0. The van der Waals surface area contributed by atoms with E-state index in [0.29, 0.717) is 18.1 Å². The molecule has 0 bridgehead atoms. The van der Waals surface area contributed by atoms with Crippen LogP contribution < -0.4 is 0 Å². The van der Waals surface area contributed by atoms with E-state index in [-0.39, 0.29) is 6.10 Å². The fourth-order valence-electron chi connectivity index (χ4n) is 2.87. The molecule has 1 aliphatic heterocycles. The van der Waals surface area contributed by atoms with Crippen molar-refractivity contribution in [3.8, 4) is 0 Å². The van der Waals surface area contributed by atoms with Gasteiger partial charge in [0.05, 0.1) is 24.9 Å². The van der Waals surface area contributed by atoms with E-state index in [1.807, 2.05) is 0 Å². The van der Waals surface area contributed by atoms with Gasteiger partial charge in [0, 0.05) is 26.3 Å². The summed E-state index contributed by atoms with van der Waals surface area (Å²) in [6, 6.07) is 0. The van der Waals surface area contributed by atoms with Crippen molar-refractivity contribution in [2.24, 2.45) is 5.92 Å². The van der Waals surface area contributed by atoms with Crippen LogP contribution in [0.25, 0.3) is 0 Å². The first-order valence-corrected chi connectivity index (χ1v) is 9.08. The minimum Gasteiger partial charge on any atom is -0.378 e. The Bertz CT molecular complexity index is 263. The van der Waals surface area contributed by atoms with E-state index in [4.69, 9.17) is 14.2 Å². The lowest BCUT2D eigenvalue weighted by atomic mass is 10.2. The van der Waals surface area contributed by atoms with E-state index in [1.54, 1.807) is 0 Å². The maximum absolute atomic E-state index is 5.94. The van der Waals surface area contributed by atoms with Crippen LogP contribution in [0.15, 0.2) is 0 Å². The topological polar surface area (TPSA) is 30.9 Å². The van der Waals surface area contributed by atoms with Crippen LogP contribution in [-0.4, -0.2) is 62.7 Å². The van der Waals surface area contributed by atoms with Gasteiger partial charge in [-0.1, -0.05) is 20.8 Å². The number of morpholine rings is 1. The summed E-state index contributed by atoms with van der Waals surface area (Å²) in [6.45, 7) is 16.5. The highest BCUT2D eigenvalue weighted by atomic mass is 16.5. The highest BCUT2D eigenvalue weighted by Gasteiger charge is 2.21. The van der Waals surface area contributed by atoms with Gasteiger partial charge in [-0.25, -0.2) is 0 Å². The van der Waals surface area contributed by atoms with Crippen LogP contribution in [0.1, 0.15) is 53.9 Å². The van der Waals surface area contributed by atoms with Crippen molar-refractivity contribution in [2.75, 3.05) is 39.5 Å². The van der Waals surface area contributed by atoms with Crippen molar-refractivity contribution < 1.29 is 14.2 Å². The Hall–Kier alpha value is -0.160. The summed E-state index contributed by atoms with van der Waals surface area (Å²) in [5.74, 6) is 0.593. The minimum absolute atomic E-state index is 0.252. The average Bonchev–Trinajstić information content (AvgIpc) is 2.43. The van der Waals surface area contributed by atoms with E-state index < -0.39 is 0 Å². The smallest absolute Gasteiger partial charge is 0.0805 e. The summed E-state index contributed by atoms with van der Waals surface area (Å²) in [4.78, 5) is 2.52. The molecular formula is C18H37NO3. The Balaban J connectivity index is 2.03. The maximum Gasteiger partial charge on any atom is 0.0805 e. The van der Waals surface area contributed by atoms with Gasteiger partial charge in [0.1, 0.15) is 0 Å². The van der Waals surface area contributed by atoms with Crippen LogP contribution >= 0.6 is 0 Å². The zero-order valence-electron chi connectivity index (χ0n) is 15.3. The van der Waals surface area contributed by atoms with Crippen molar-refractivity contribution in [2.45, 2.75) is 72.2 Å². The maximum atomic E-state index is 5.94. The molecule has 0 amide bonds. The molecule has 0 radical (unpaired) electrons. The molecule has 0 aliphatic carbocycles. The number of hydrogen-bond acceptors (Lipinski definition) is 4. The Labute approximate surface area is 137 Å². The molecule has 4 nitrogen and oxygen atoms in total. The summed E-state index contributed by atoms with van der Waals surface area (Å²) in [5.41, 5.74) is 0. The molecule has 132 valence electrons. The molecule has 0 aromatic rings. The second kappa shape index (κ2) is 11.4. The third-order valence-corrected chi connectivity index (χ3v) is 3.93. The Morgan fingerprint density at radius 2 is 1.77 bits per heavy atom. The molecule has 0 aromatic carbocycles. The largest absolute Gasteiger partial charge is 0.378 e. The minimum atomic E-state index is 0.252. The van der Waals surface area contributed by atoms with Crippen molar-refractivity contribution >= 4 is 0 Å². The van der Waals surface area contributed by atoms with Gasteiger partial charge in [0.15, 0.2) is 0 Å². The predicted octanol–water partition coefficient (Wildman–Crippen LogP) is 3.34. The van der Waals surface area contributed by atoms with Gasteiger partial charge >= 0.3 is 0 Å². The molecule has 0 saturated carbocycles. The quantitative estimate of drug-likeness (QED) is 0.547. The van der Waals surface area contributed by atoms with Gasteiger partial charge in [-0.15, -0.1) is 0 Å². The second-order valence-corrected chi connectivity index (χ2v) is 7.06. The fraction of sp³-hybridized carbons (Fsp3) is 1.00. The van der Waals surface area contributed by atoms with Crippen molar-refractivity contribution in [3.05, 3.63) is 0 Å².